The second-order valence-electron chi connectivity index (χ2n) is 2.48. The van der Waals surface area contributed by atoms with Crippen LogP contribution in [0.5, 0.6) is 0 Å². The molecule has 1 aliphatic heterocycles. The quantitative estimate of drug-likeness (QED) is 0.518. The zero-order chi connectivity index (χ0) is 8.55. The largest absolute Gasteiger partial charge is 0.271 e. The summed E-state index contributed by atoms with van der Waals surface area (Å²) in [6, 6.07) is 0. The monoisotopic (exact) mass is 180 g/mol. The molecular weight excluding hydrogens is 176 g/mol. The third-order valence-electron chi connectivity index (χ3n) is 1.69. The van der Waals surface area contributed by atoms with E-state index in [-0.39, 0.29) is 17.1 Å². The van der Waals surface area contributed by atoms with Gasteiger partial charge in [0.15, 0.2) is 0 Å². The Bertz CT molecular complexity index is 352. The standard InChI is InChI=1S/C8H5ClN2O/c9-8-10-6-4-2-1-3-5(6)7(12)11-8/h1-5H. The summed E-state index contributed by atoms with van der Waals surface area (Å²) in [6.07, 6.45) is 7.14. The highest BCUT2D eigenvalue weighted by atomic mass is 35.5. The van der Waals surface area contributed by atoms with Gasteiger partial charge >= 0.3 is 0 Å². The van der Waals surface area contributed by atoms with E-state index >= 15 is 0 Å². The number of carbonyl (C=O) groups excluding carboxylic acids is 1. The SMILES string of the molecule is O=C1N=C(Cl)N=C2C=CC=CC12. The smallest absolute Gasteiger partial charge is 0.261 e. The van der Waals surface area contributed by atoms with Crippen LogP contribution in [0.2, 0.25) is 0 Å². The first-order valence-corrected chi connectivity index (χ1v) is 3.86. The van der Waals surface area contributed by atoms with Crippen molar-refractivity contribution in [3.8, 4) is 0 Å². The van der Waals surface area contributed by atoms with Crippen LogP contribution in [0.25, 0.3) is 0 Å². The molecule has 0 bridgehead atoms. The summed E-state index contributed by atoms with van der Waals surface area (Å²) >= 11 is 5.52. The van der Waals surface area contributed by atoms with Crippen molar-refractivity contribution in [1.82, 2.24) is 0 Å². The first-order chi connectivity index (χ1) is 5.77. The van der Waals surface area contributed by atoms with Gasteiger partial charge in [-0.25, -0.2) is 4.99 Å². The highest BCUT2D eigenvalue weighted by Crippen LogP contribution is 2.16. The van der Waals surface area contributed by atoms with Gasteiger partial charge in [-0.1, -0.05) is 18.2 Å². The Balaban J connectivity index is 2.45. The highest BCUT2D eigenvalue weighted by Gasteiger charge is 2.25. The molecule has 0 radical (unpaired) electrons. The van der Waals surface area contributed by atoms with Crippen LogP contribution in [0.1, 0.15) is 0 Å². The maximum atomic E-state index is 11.2. The molecule has 1 aliphatic carbocycles. The number of carbonyl (C=O) groups is 1. The Labute approximate surface area is 74.2 Å². The number of hydrogen-bond donors (Lipinski definition) is 0. The van der Waals surface area contributed by atoms with E-state index in [1.165, 1.54) is 0 Å². The number of hydrogen-bond acceptors (Lipinski definition) is 2. The minimum absolute atomic E-state index is 0.0196. The van der Waals surface area contributed by atoms with Crippen molar-refractivity contribution in [2.75, 3.05) is 0 Å². The topological polar surface area (TPSA) is 41.8 Å². The van der Waals surface area contributed by atoms with Gasteiger partial charge in [-0.2, -0.15) is 4.99 Å². The molecule has 0 aromatic heterocycles. The van der Waals surface area contributed by atoms with Gasteiger partial charge in [-0.3, -0.25) is 4.79 Å². The van der Waals surface area contributed by atoms with Gasteiger partial charge in [-0.05, 0) is 17.7 Å². The molecule has 0 aromatic rings. The number of amidine groups is 1. The fraction of sp³-hybridized carbons (Fsp3) is 0.125. The fourth-order valence-electron chi connectivity index (χ4n) is 1.14. The number of nitrogens with zero attached hydrogens (tertiary/aromatic N) is 2. The molecule has 4 heteroatoms. The Morgan fingerprint density at radius 2 is 2.17 bits per heavy atom. The van der Waals surface area contributed by atoms with E-state index in [0.717, 1.165) is 0 Å². The minimum Gasteiger partial charge on any atom is -0.271 e. The predicted octanol–water partition coefficient (Wildman–Crippen LogP) is 1.30. The lowest BCUT2D eigenvalue weighted by Crippen LogP contribution is -2.25. The second-order valence-corrected chi connectivity index (χ2v) is 2.82. The summed E-state index contributed by atoms with van der Waals surface area (Å²) in [6.45, 7) is 0. The van der Waals surface area contributed by atoms with Crippen LogP contribution >= 0.6 is 11.6 Å². The van der Waals surface area contributed by atoms with Gasteiger partial charge < -0.3 is 0 Å². The van der Waals surface area contributed by atoms with Gasteiger partial charge in [0.1, 0.15) is 5.92 Å². The lowest BCUT2D eigenvalue weighted by molar-refractivity contribution is -0.118. The minimum atomic E-state index is -0.322. The summed E-state index contributed by atoms with van der Waals surface area (Å²) in [5.74, 6) is -0.567. The molecule has 1 heterocycles. The fourth-order valence-corrected chi connectivity index (χ4v) is 1.32. The molecule has 1 amide bonds. The zero-order valence-corrected chi connectivity index (χ0v) is 6.82. The van der Waals surface area contributed by atoms with Gasteiger partial charge in [0, 0.05) is 0 Å². The van der Waals surface area contributed by atoms with E-state index in [9.17, 15) is 4.79 Å². The average molecular weight is 181 g/mol. The number of amides is 1. The zero-order valence-electron chi connectivity index (χ0n) is 6.07. The van der Waals surface area contributed by atoms with E-state index in [4.69, 9.17) is 11.6 Å². The Kier molecular flexibility index (Phi) is 1.66. The normalized spacial score (nSPS) is 26.4. The van der Waals surface area contributed by atoms with Crippen molar-refractivity contribution < 1.29 is 4.79 Å². The van der Waals surface area contributed by atoms with Crippen LogP contribution in [0.3, 0.4) is 0 Å². The van der Waals surface area contributed by atoms with E-state index in [2.05, 4.69) is 9.98 Å². The van der Waals surface area contributed by atoms with E-state index in [0.29, 0.717) is 5.71 Å². The van der Waals surface area contributed by atoms with E-state index in [1.54, 1.807) is 18.2 Å². The molecule has 1 unspecified atom stereocenters. The summed E-state index contributed by atoms with van der Waals surface area (Å²) in [5.41, 5.74) is 0.669. The van der Waals surface area contributed by atoms with Gasteiger partial charge in [-0.15, -0.1) is 0 Å². The number of aliphatic imine (C=N–C) groups is 2. The van der Waals surface area contributed by atoms with Crippen molar-refractivity contribution in [3.63, 3.8) is 0 Å². The molecular formula is C8H5ClN2O. The van der Waals surface area contributed by atoms with Crippen LogP contribution < -0.4 is 0 Å². The highest BCUT2D eigenvalue weighted by molar-refractivity contribution is 6.67. The third-order valence-corrected chi connectivity index (χ3v) is 1.86. The third kappa shape index (κ3) is 1.12. The van der Waals surface area contributed by atoms with Crippen molar-refractivity contribution in [2.24, 2.45) is 15.9 Å². The van der Waals surface area contributed by atoms with Gasteiger partial charge in [0.2, 0.25) is 5.29 Å². The first kappa shape index (κ1) is 7.43. The predicted molar refractivity (Wildman–Crippen MR) is 47.5 cm³/mol. The molecule has 0 N–H and O–H groups in total. The molecule has 2 rings (SSSR count). The average Bonchev–Trinajstić information content (AvgIpc) is 2.04. The summed E-state index contributed by atoms with van der Waals surface area (Å²) in [5, 5.41) is 0.0196. The second kappa shape index (κ2) is 2.68. The Morgan fingerprint density at radius 3 is 3.00 bits per heavy atom. The Morgan fingerprint density at radius 1 is 1.33 bits per heavy atom. The molecule has 2 aliphatic rings. The maximum absolute atomic E-state index is 11.2. The summed E-state index contributed by atoms with van der Waals surface area (Å²) in [7, 11) is 0. The van der Waals surface area contributed by atoms with Crippen molar-refractivity contribution in [2.45, 2.75) is 0 Å². The van der Waals surface area contributed by atoms with Crippen molar-refractivity contribution in [1.29, 1.82) is 0 Å². The molecule has 0 spiro atoms. The van der Waals surface area contributed by atoms with Crippen molar-refractivity contribution in [3.05, 3.63) is 24.3 Å². The number of fused-ring (bicyclic) bond motifs is 1. The van der Waals surface area contributed by atoms with Crippen LogP contribution in [0, 0.1) is 5.92 Å². The molecule has 0 aromatic carbocycles. The maximum Gasteiger partial charge on any atom is 0.261 e. The number of allylic oxidation sites excluding steroid dienone is 3. The number of halogens is 1. The summed E-state index contributed by atoms with van der Waals surface area (Å²) in [4.78, 5) is 18.7. The van der Waals surface area contributed by atoms with E-state index < -0.39 is 0 Å². The lowest BCUT2D eigenvalue weighted by Gasteiger charge is -2.14. The van der Waals surface area contributed by atoms with Crippen LogP contribution in [0.4, 0.5) is 0 Å². The molecule has 60 valence electrons. The molecule has 0 saturated heterocycles. The van der Waals surface area contributed by atoms with Crippen molar-refractivity contribution >= 4 is 28.5 Å². The van der Waals surface area contributed by atoms with Gasteiger partial charge in [0.25, 0.3) is 5.91 Å². The summed E-state index contributed by atoms with van der Waals surface area (Å²) < 4.78 is 0. The molecule has 1 atom stereocenters. The van der Waals surface area contributed by atoms with Gasteiger partial charge in [0.05, 0.1) is 5.71 Å². The molecule has 0 saturated carbocycles. The lowest BCUT2D eigenvalue weighted by atomic mass is 9.97. The first-order valence-electron chi connectivity index (χ1n) is 3.49. The van der Waals surface area contributed by atoms with Crippen LogP contribution in [0.15, 0.2) is 34.3 Å². The van der Waals surface area contributed by atoms with Crippen LogP contribution in [-0.4, -0.2) is 16.9 Å². The molecule has 12 heavy (non-hydrogen) atoms. The Hall–Kier alpha value is -1.22. The van der Waals surface area contributed by atoms with E-state index in [1.807, 2.05) is 6.08 Å². The molecule has 0 fully saturated rings. The molecule has 3 nitrogen and oxygen atoms in total. The van der Waals surface area contributed by atoms with Crippen LogP contribution in [-0.2, 0) is 4.79 Å². The number of rotatable bonds is 0.